The second kappa shape index (κ2) is 8.35. The summed E-state index contributed by atoms with van der Waals surface area (Å²) in [6.07, 6.45) is 6.48. The number of fused-ring (bicyclic) bond motifs is 3. The molecule has 7 nitrogen and oxygen atoms in total. The van der Waals surface area contributed by atoms with Gasteiger partial charge in [-0.1, -0.05) is 0 Å². The number of hydrogen-bond acceptors (Lipinski definition) is 5. The molecule has 1 aromatic carbocycles. The molecule has 0 bridgehead atoms. The number of carbonyl (C=O) groups excluding carboxylic acids is 1. The zero-order chi connectivity index (χ0) is 26.3. The number of rotatable bonds is 4. The van der Waals surface area contributed by atoms with Crippen LogP contribution in [0.15, 0.2) is 16.9 Å². The Bertz CT molecular complexity index is 1330. The largest absolute Gasteiger partial charge is 0.448 e. The molecule has 6 rings (SSSR count). The molecule has 2 saturated carbocycles. The highest BCUT2D eigenvalue weighted by atomic mass is 16.7. The molecule has 1 aromatic heterocycles. The molecular weight excluding hydrogens is 466 g/mol. The number of pyridine rings is 1. The van der Waals surface area contributed by atoms with Crippen molar-refractivity contribution < 1.29 is 14.3 Å². The van der Waals surface area contributed by atoms with E-state index in [1.165, 1.54) is 0 Å². The van der Waals surface area contributed by atoms with E-state index < -0.39 is 5.79 Å². The normalized spacial score (nSPS) is 27.6. The zero-order valence-electron chi connectivity index (χ0n) is 23.0. The predicted molar refractivity (Wildman–Crippen MR) is 142 cm³/mol. The summed E-state index contributed by atoms with van der Waals surface area (Å²) >= 11 is 0. The lowest BCUT2D eigenvalue weighted by Gasteiger charge is -2.39. The average molecular weight is 506 g/mol. The second-order valence-corrected chi connectivity index (χ2v) is 12.3. The van der Waals surface area contributed by atoms with Gasteiger partial charge in [-0.2, -0.15) is 0 Å². The zero-order valence-corrected chi connectivity index (χ0v) is 23.0. The van der Waals surface area contributed by atoms with Crippen molar-refractivity contribution in [3.8, 4) is 11.5 Å². The van der Waals surface area contributed by atoms with Crippen LogP contribution in [0.25, 0.3) is 0 Å². The fraction of sp³-hybridized carbons (Fsp3) is 0.600. The first-order chi connectivity index (χ1) is 17.5. The van der Waals surface area contributed by atoms with Gasteiger partial charge in [0.1, 0.15) is 0 Å². The summed E-state index contributed by atoms with van der Waals surface area (Å²) in [6, 6.07) is 4.68. The highest BCUT2D eigenvalue weighted by molar-refractivity contribution is 6.00. The van der Waals surface area contributed by atoms with Gasteiger partial charge in [-0.15, -0.1) is 0 Å². The van der Waals surface area contributed by atoms with Crippen molar-refractivity contribution in [3.05, 3.63) is 56.0 Å². The number of aromatic nitrogens is 1. The van der Waals surface area contributed by atoms with E-state index >= 15 is 0 Å². The molecule has 2 aliphatic heterocycles. The summed E-state index contributed by atoms with van der Waals surface area (Å²) in [4.78, 5) is 33.7. The van der Waals surface area contributed by atoms with Gasteiger partial charge in [0.05, 0.1) is 12.1 Å². The van der Waals surface area contributed by atoms with E-state index in [0.29, 0.717) is 36.4 Å². The van der Waals surface area contributed by atoms with Gasteiger partial charge >= 0.3 is 0 Å². The number of hydrogen-bond donors (Lipinski definition) is 1. The van der Waals surface area contributed by atoms with Crippen LogP contribution in [0.5, 0.6) is 11.5 Å². The van der Waals surface area contributed by atoms with Crippen molar-refractivity contribution in [2.75, 3.05) is 20.6 Å². The first kappa shape index (κ1) is 24.5. The summed E-state index contributed by atoms with van der Waals surface area (Å²) in [6.45, 7) is 8.85. The van der Waals surface area contributed by atoms with Gasteiger partial charge in [-0.25, -0.2) is 0 Å². The Morgan fingerprint density at radius 2 is 1.76 bits per heavy atom. The van der Waals surface area contributed by atoms with E-state index in [4.69, 9.17) is 9.47 Å². The number of ether oxygens (including phenoxy) is 2. The van der Waals surface area contributed by atoms with Crippen molar-refractivity contribution in [3.63, 3.8) is 0 Å². The van der Waals surface area contributed by atoms with Crippen molar-refractivity contribution in [2.24, 2.45) is 5.92 Å². The Labute approximate surface area is 219 Å². The highest BCUT2D eigenvalue weighted by Gasteiger charge is 2.54. The van der Waals surface area contributed by atoms with E-state index in [-0.39, 0.29) is 16.9 Å². The maximum Gasteiger partial charge on any atom is 0.254 e. The van der Waals surface area contributed by atoms with E-state index in [9.17, 15) is 9.59 Å². The van der Waals surface area contributed by atoms with Gasteiger partial charge in [-0.3, -0.25) is 9.59 Å². The Morgan fingerprint density at radius 1 is 1.05 bits per heavy atom. The van der Waals surface area contributed by atoms with Crippen LogP contribution in [0.3, 0.4) is 0 Å². The van der Waals surface area contributed by atoms with Gasteiger partial charge in [0, 0.05) is 47.7 Å². The van der Waals surface area contributed by atoms with Crippen molar-refractivity contribution >= 4 is 5.91 Å². The fourth-order valence-electron chi connectivity index (χ4n) is 7.05. The number of nitrogens with zero attached hydrogens (tertiary/aromatic N) is 2. The molecule has 1 atom stereocenters. The minimum Gasteiger partial charge on any atom is -0.448 e. The highest BCUT2D eigenvalue weighted by Crippen LogP contribution is 2.57. The maximum absolute atomic E-state index is 13.9. The lowest BCUT2D eigenvalue weighted by Crippen LogP contribution is -2.46. The van der Waals surface area contributed by atoms with Crippen molar-refractivity contribution in [1.82, 2.24) is 14.8 Å². The molecule has 0 radical (unpaired) electrons. The summed E-state index contributed by atoms with van der Waals surface area (Å²) < 4.78 is 13.2. The van der Waals surface area contributed by atoms with Crippen LogP contribution in [-0.4, -0.2) is 53.2 Å². The quantitative estimate of drug-likeness (QED) is 0.658. The van der Waals surface area contributed by atoms with Gasteiger partial charge in [-0.05, 0) is 96.7 Å². The summed E-state index contributed by atoms with van der Waals surface area (Å²) in [5.74, 6) is 1.08. The smallest absolute Gasteiger partial charge is 0.254 e. The molecule has 0 saturated heterocycles. The molecule has 1 amide bonds. The van der Waals surface area contributed by atoms with Crippen LogP contribution >= 0.6 is 0 Å². The third-order valence-corrected chi connectivity index (χ3v) is 9.53. The van der Waals surface area contributed by atoms with Gasteiger partial charge < -0.3 is 24.3 Å². The topological polar surface area (TPSA) is 74.9 Å². The molecule has 1 spiro atoms. The fourth-order valence-corrected chi connectivity index (χ4v) is 7.05. The molecule has 198 valence electrons. The Hall–Kier alpha value is -2.80. The minimum atomic E-state index is -0.708. The van der Waals surface area contributed by atoms with Crippen LogP contribution in [0, 0.1) is 26.7 Å². The number of H-pyrrole nitrogens is 1. The first-order valence-electron chi connectivity index (χ1n) is 13.7. The number of amides is 1. The summed E-state index contributed by atoms with van der Waals surface area (Å²) in [5, 5.41) is 0. The van der Waals surface area contributed by atoms with Gasteiger partial charge in [0.25, 0.3) is 17.3 Å². The SMILES string of the molecule is Cc1cc(C)c(CN2CC3(CC3)c3cc4c(c(C)c3C2=O)O[C@@](C)(C2CCC(N(C)C)CC2)O4)c(=O)[nH]1. The molecule has 2 aliphatic carbocycles. The van der Waals surface area contributed by atoms with Crippen LogP contribution < -0.4 is 15.0 Å². The molecular formula is C30H39N3O4. The average Bonchev–Trinajstić information content (AvgIpc) is 3.52. The molecule has 4 aliphatic rings. The summed E-state index contributed by atoms with van der Waals surface area (Å²) in [7, 11) is 4.31. The number of nitrogens with one attached hydrogen (secondary N) is 1. The van der Waals surface area contributed by atoms with Crippen molar-refractivity contribution in [1.29, 1.82) is 0 Å². The van der Waals surface area contributed by atoms with Gasteiger partial charge in [0.2, 0.25) is 0 Å². The van der Waals surface area contributed by atoms with Crippen LogP contribution in [-0.2, 0) is 12.0 Å². The van der Waals surface area contributed by atoms with Gasteiger partial charge in [0.15, 0.2) is 11.5 Å². The third-order valence-electron chi connectivity index (χ3n) is 9.53. The van der Waals surface area contributed by atoms with Crippen molar-refractivity contribution in [2.45, 2.75) is 90.0 Å². The van der Waals surface area contributed by atoms with E-state index in [1.807, 2.05) is 31.7 Å². The third kappa shape index (κ3) is 3.89. The standard InChI is InChI=1S/C30H39N3O4/c1-17-13-18(2)31-27(34)22(17)15-33-16-30(11-12-30)23-14-24-26(19(3)25(23)28(33)35)37-29(4,36-24)20-7-9-21(10-8-20)32(5)6/h13-14,20-21H,7-12,15-16H2,1-6H3,(H,31,34)/t20?,21?,29-/m0/s1. The number of benzene rings is 1. The molecule has 0 unspecified atom stereocenters. The van der Waals surface area contributed by atoms with Crippen LogP contribution in [0.2, 0.25) is 0 Å². The molecule has 3 heterocycles. The molecule has 2 fully saturated rings. The molecule has 37 heavy (non-hydrogen) atoms. The Morgan fingerprint density at radius 3 is 2.38 bits per heavy atom. The van der Waals surface area contributed by atoms with E-state index in [0.717, 1.165) is 72.2 Å². The van der Waals surface area contributed by atoms with E-state index in [1.54, 1.807) is 0 Å². The second-order valence-electron chi connectivity index (χ2n) is 12.3. The molecule has 2 aromatic rings. The van der Waals surface area contributed by atoms with Crippen LogP contribution in [0.4, 0.5) is 0 Å². The monoisotopic (exact) mass is 505 g/mol. The molecule has 1 N–H and O–H groups in total. The minimum absolute atomic E-state index is 0.0177. The summed E-state index contributed by atoms with van der Waals surface area (Å²) in [5.41, 5.74) is 4.97. The lowest BCUT2D eigenvalue weighted by atomic mass is 9.81. The predicted octanol–water partition coefficient (Wildman–Crippen LogP) is 4.60. The lowest BCUT2D eigenvalue weighted by molar-refractivity contribution is -0.123. The number of aromatic amines is 1. The Balaban J connectivity index is 1.31. The Kier molecular flexibility index (Phi) is 5.54. The molecule has 7 heteroatoms. The number of aryl methyl sites for hydroxylation is 2. The first-order valence-corrected chi connectivity index (χ1v) is 13.7. The van der Waals surface area contributed by atoms with Crippen LogP contribution in [0.1, 0.15) is 83.8 Å². The van der Waals surface area contributed by atoms with E-state index in [2.05, 4.69) is 37.0 Å². The maximum atomic E-state index is 13.9. The number of carbonyl (C=O) groups is 1.